The van der Waals surface area contributed by atoms with E-state index in [1.54, 1.807) is 11.3 Å². The third kappa shape index (κ3) is 4.52. The van der Waals surface area contributed by atoms with Gasteiger partial charge >= 0.3 is 0 Å². The molecule has 2 aromatic rings. The monoisotopic (exact) mass is 487 g/mol. The highest BCUT2D eigenvalue weighted by molar-refractivity contribution is 8.00. The lowest BCUT2D eigenvalue weighted by atomic mass is 9.78. The maximum absolute atomic E-state index is 13.8. The molecule has 1 N–H and O–H groups in total. The van der Waals surface area contributed by atoms with Crippen molar-refractivity contribution in [1.29, 1.82) is 0 Å². The number of amides is 1. The molecular formula is C26H37N3O2S2. The van der Waals surface area contributed by atoms with Gasteiger partial charge in [0.25, 0.3) is 5.56 Å². The number of fused-ring (bicyclic) bond motifs is 3. The lowest BCUT2D eigenvalue weighted by Crippen LogP contribution is -2.46. The van der Waals surface area contributed by atoms with Gasteiger partial charge in [0.1, 0.15) is 4.83 Å². The summed E-state index contributed by atoms with van der Waals surface area (Å²) in [7, 11) is 0. The van der Waals surface area contributed by atoms with E-state index < -0.39 is 0 Å². The standard InChI is InChI=1S/C26H37N3O2S2/c1-15-9-8-13-20(16(15)2)27-23(30)17(3)32-26-28-24-22(19-12-6-7-14-21(19)33-24)25(31)29(26)18-10-4-5-11-18/h15-18,20H,4-14H2,1-3H3,(H,27,30). The van der Waals surface area contributed by atoms with Gasteiger partial charge in [-0.2, -0.15) is 0 Å². The van der Waals surface area contributed by atoms with E-state index in [0.717, 1.165) is 66.7 Å². The summed E-state index contributed by atoms with van der Waals surface area (Å²) in [6, 6.07) is 0.464. The van der Waals surface area contributed by atoms with Gasteiger partial charge in [0.05, 0.1) is 10.6 Å². The van der Waals surface area contributed by atoms with Gasteiger partial charge in [0, 0.05) is 17.0 Å². The third-order valence-electron chi connectivity index (χ3n) is 8.36. The molecule has 0 saturated heterocycles. The van der Waals surface area contributed by atoms with Crippen molar-refractivity contribution in [3.8, 4) is 0 Å². The zero-order valence-electron chi connectivity index (χ0n) is 20.2. The van der Waals surface area contributed by atoms with E-state index in [4.69, 9.17) is 4.98 Å². The van der Waals surface area contributed by atoms with Crippen molar-refractivity contribution < 1.29 is 4.79 Å². The Morgan fingerprint density at radius 1 is 1.09 bits per heavy atom. The molecule has 2 aromatic heterocycles. The molecule has 180 valence electrons. The van der Waals surface area contributed by atoms with Crippen LogP contribution in [0.15, 0.2) is 9.95 Å². The van der Waals surface area contributed by atoms with Crippen molar-refractivity contribution in [2.75, 3.05) is 0 Å². The summed E-state index contributed by atoms with van der Waals surface area (Å²) >= 11 is 3.18. The second kappa shape index (κ2) is 9.73. The summed E-state index contributed by atoms with van der Waals surface area (Å²) in [5.41, 5.74) is 1.39. The Hall–Kier alpha value is -1.34. The van der Waals surface area contributed by atoms with Crippen LogP contribution in [0.4, 0.5) is 0 Å². The molecule has 5 rings (SSSR count). The number of rotatable bonds is 5. The van der Waals surface area contributed by atoms with E-state index in [1.807, 2.05) is 11.5 Å². The van der Waals surface area contributed by atoms with Crippen LogP contribution in [-0.4, -0.2) is 26.8 Å². The van der Waals surface area contributed by atoms with Crippen LogP contribution < -0.4 is 10.9 Å². The van der Waals surface area contributed by atoms with Gasteiger partial charge in [-0.25, -0.2) is 4.98 Å². The zero-order chi connectivity index (χ0) is 23.1. The molecule has 5 nitrogen and oxygen atoms in total. The van der Waals surface area contributed by atoms with Gasteiger partial charge < -0.3 is 5.32 Å². The minimum atomic E-state index is -0.277. The number of hydrogen-bond acceptors (Lipinski definition) is 5. The first-order chi connectivity index (χ1) is 15.9. The van der Waals surface area contributed by atoms with Crippen molar-refractivity contribution in [1.82, 2.24) is 14.9 Å². The first-order valence-corrected chi connectivity index (χ1v) is 14.7. The number of carbonyl (C=O) groups excluding carboxylic acids is 1. The van der Waals surface area contributed by atoms with Crippen LogP contribution >= 0.6 is 23.1 Å². The average Bonchev–Trinajstić information content (AvgIpc) is 3.44. The summed E-state index contributed by atoms with van der Waals surface area (Å²) in [6.45, 7) is 6.52. The maximum Gasteiger partial charge on any atom is 0.263 e. The Balaban J connectivity index is 1.44. The molecule has 3 aliphatic carbocycles. The molecule has 0 aliphatic heterocycles. The number of thiophene rings is 1. The van der Waals surface area contributed by atoms with E-state index in [2.05, 4.69) is 19.2 Å². The SMILES string of the molecule is CC(Sc1nc2sc3c(c2c(=O)n1C1CCCC1)CCCC3)C(=O)NC1CCCC(C)C1C. The average molecular weight is 488 g/mol. The van der Waals surface area contributed by atoms with E-state index in [0.29, 0.717) is 11.8 Å². The highest BCUT2D eigenvalue weighted by Crippen LogP contribution is 2.38. The van der Waals surface area contributed by atoms with Crippen molar-refractivity contribution in [3.05, 3.63) is 20.8 Å². The Labute approximate surface area is 205 Å². The molecule has 2 fully saturated rings. The van der Waals surface area contributed by atoms with Gasteiger partial charge in [0.2, 0.25) is 5.91 Å². The van der Waals surface area contributed by atoms with Gasteiger partial charge in [0.15, 0.2) is 5.16 Å². The maximum atomic E-state index is 13.8. The number of carbonyl (C=O) groups is 1. The minimum absolute atomic E-state index is 0.0729. The molecule has 4 atom stereocenters. The Morgan fingerprint density at radius 3 is 2.64 bits per heavy atom. The van der Waals surface area contributed by atoms with Crippen LogP contribution in [0, 0.1) is 11.8 Å². The minimum Gasteiger partial charge on any atom is -0.352 e. The first kappa shape index (κ1) is 23.4. The first-order valence-electron chi connectivity index (χ1n) is 13.0. The third-order valence-corrected chi connectivity index (χ3v) is 10.6. The van der Waals surface area contributed by atoms with Gasteiger partial charge in [-0.1, -0.05) is 51.3 Å². The topological polar surface area (TPSA) is 64.0 Å². The molecule has 4 unspecified atom stereocenters. The van der Waals surface area contributed by atoms with Crippen molar-refractivity contribution in [2.24, 2.45) is 11.8 Å². The fraction of sp³-hybridized carbons (Fsp3) is 0.731. The number of nitrogens with one attached hydrogen (secondary N) is 1. The van der Waals surface area contributed by atoms with Gasteiger partial charge in [-0.05, 0) is 69.3 Å². The van der Waals surface area contributed by atoms with Crippen molar-refractivity contribution in [2.45, 2.75) is 114 Å². The summed E-state index contributed by atoms with van der Waals surface area (Å²) in [5, 5.41) is 4.66. The number of aromatic nitrogens is 2. The Kier molecular flexibility index (Phi) is 6.90. The van der Waals surface area contributed by atoms with Crippen molar-refractivity contribution in [3.63, 3.8) is 0 Å². The van der Waals surface area contributed by atoms with E-state index in [-0.39, 0.29) is 28.8 Å². The predicted octanol–water partition coefficient (Wildman–Crippen LogP) is 5.87. The summed E-state index contributed by atoms with van der Waals surface area (Å²) in [6.07, 6.45) is 12.3. The van der Waals surface area contributed by atoms with E-state index >= 15 is 0 Å². The van der Waals surface area contributed by atoms with Gasteiger partial charge in [-0.3, -0.25) is 14.2 Å². The van der Waals surface area contributed by atoms with Crippen LogP contribution in [0.3, 0.4) is 0 Å². The molecule has 3 aliphatic rings. The Bertz CT molecular complexity index is 1090. The molecule has 1 amide bonds. The lowest BCUT2D eigenvalue weighted by Gasteiger charge is -2.35. The molecule has 0 spiro atoms. The van der Waals surface area contributed by atoms with Crippen LogP contribution in [0.2, 0.25) is 0 Å². The van der Waals surface area contributed by atoms with Crippen LogP contribution in [-0.2, 0) is 17.6 Å². The molecular weight excluding hydrogens is 450 g/mol. The molecule has 0 aromatic carbocycles. The lowest BCUT2D eigenvalue weighted by molar-refractivity contribution is -0.121. The van der Waals surface area contributed by atoms with E-state index in [9.17, 15) is 9.59 Å². The van der Waals surface area contributed by atoms with Crippen molar-refractivity contribution >= 4 is 39.2 Å². The van der Waals surface area contributed by atoms with Crippen LogP contribution in [0.1, 0.15) is 95.0 Å². The number of hydrogen-bond donors (Lipinski definition) is 1. The molecule has 33 heavy (non-hydrogen) atoms. The molecule has 2 heterocycles. The fourth-order valence-electron chi connectivity index (χ4n) is 6.06. The smallest absolute Gasteiger partial charge is 0.263 e. The predicted molar refractivity (Wildman–Crippen MR) is 137 cm³/mol. The normalized spacial score (nSPS) is 26.9. The highest BCUT2D eigenvalue weighted by atomic mass is 32.2. The van der Waals surface area contributed by atoms with Crippen LogP contribution in [0.25, 0.3) is 10.2 Å². The number of nitrogens with zero attached hydrogens (tertiary/aromatic N) is 2. The van der Waals surface area contributed by atoms with Gasteiger partial charge in [-0.15, -0.1) is 11.3 Å². The second-order valence-electron chi connectivity index (χ2n) is 10.5. The molecule has 7 heteroatoms. The quantitative estimate of drug-likeness (QED) is 0.423. The zero-order valence-corrected chi connectivity index (χ0v) is 21.8. The molecule has 0 radical (unpaired) electrons. The number of aryl methyl sites for hydroxylation is 2. The fourth-order valence-corrected chi connectivity index (χ4v) is 8.35. The molecule has 0 bridgehead atoms. The molecule has 2 saturated carbocycles. The second-order valence-corrected chi connectivity index (χ2v) is 12.9. The summed E-state index contributed by atoms with van der Waals surface area (Å²) < 4.78 is 1.97. The van der Waals surface area contributed by atoms with E-state index in [1.165, 1.54) is 41.5 Å². The Morgan fingerprint density at radius 2 is 1.85 bits per heavy atom. The van der Waals surface area contributed by atoms with Crippen LogP contribution in [0.5, 0.6) is 0 Å². The number of thioether (sulfide) groups is 1. The largest absolute Gasteiger partial charge is 0.352 e. The highest BCUT2D eigenvalue weighted by Gasteiger charge is 2.31. The summed E-state index contributed by atoms with van der Waals surface area (Å²) in [4.78, 5) is 34.3. The summed E-state index contributed by atoms with van der Waals surface area (Å²) in [5.74, 6) is 1.22.